The highest BCUT2D eigenvalue weighted by atomic mass is 16.5. The van der Waals surface area contributed by atoms with E-state index in [0.717, 1.165) is 23.4 Å². The molecule has 0 fully saturated rings. The van der Waals surface area contributed by atoms with Crippen molar-refractivity contribution >= 4 is 11.6 Å². The molecule has 2 atom stereocenters. The summed E-state index contributed by atoms with van der Waals surface area (Å²) in [5, 5.41) is 2.99. The second-order valence-electron chi connectivity index (χ2n) is 7.03. The molecule has 4 heteroatoms. The van der Waals surface area contributed by atoms with Crippen molar-refractivity contribution in [2.24, 2.45) is 5.92 Å². The Bertz CT molecular complexity index is 542. The standard InChI is InChI=1S/C20H33NO3/c1-8-16(6)24-18-11-10-17(12-15(18)5)21-19(22)20(7,23-9-2)13-14(3)4/h10-12,14,16H,8-9,13H2,1-7H3,(H,21,22)/t16-,20-/m0/s1. The zero-order valence-electron chi connectivity index (χ0n) is 16.2. The van der Waals surface area contributed by atoms with Crippen molar-refractivity contribution in [3.8, 4) is 5.75 Å². The first-order valence-corrected chi connectivity index (χ1v) is 8.94. The van der Waals surface area contributed by atoms with Crippen LogP contribution in [0.1, 0.15) is 59.9 Å². The van der Waals surface area contributed by atoms with Gasteiger partial charge in [0, 0.05) is 12.3 Å². The van der Waals surface area contributed by atoms with E-state index < -0.39 is 5.60 Å². The molecular weight excluding hydrogens is 302 g/mol. The molecule has 136 valence electrons. The maximum absolute atomic E-state index is 12.7. The lowest BCUT2D eigenvalue weighted by Gasteiger charge is -2.30. The average Bonchev–Trinajstić information content (AvgIpc) is 2.49. The van der Waals surface area contributed by atoms with Gasteiger partial charge in [0.15, 0.2) is 0 Å². The van der Waals surface area contributed by atoms with Crippen molar-refractivity contribution in [1.29, 1.82) is 0 Å². The fourth-order valence-electron chi connectivity index (χ4n) is 2.74. The minimum Gasteiger partial charge on any atom is -0.490 e. The maximum atomic E-state index is 12.7. The van der Waals surface area contributed by atoms with Gasteiger partial charge in [-0.3, -0.25) is 4.79 Å². The van der Waals surface area contributed by atoms with Crippen molar-refractivity contribution < 1.29 is 14.3 Å². The van der Waals surface area contributed by atoms with Crippen LogP contribution in [0.5, 0.6) is 5.75 Å². The lowest BCUT2D eigenvalue weighted by atomic mass is 9.93. The van der Waals surface area contributed by atoms with Crippen LogP contribution in [0, 0.1) is 12.8 Å². The van der Waals surface area contributed by atoms with Crippen molar-refractivity contribution in [2.75, 3.05) is 11.9 Å². The molecule has 1 amide bonds. The van der Waals surface area contributed by atoms with E-state index in [0.29, 0.717) is 18.9 Å². The first kappa shape index (κ1) is 20.5. The lowest BCUT2D eigenvalue weighted by Crippen LogP contribution is -2.44. The molecule has 0 aliphatic carbocycles. The summed E-state index contributed by atoms with van der Waals surface area (Å²) in [6, 6.07) is 5.74. The molecule has 0 saturated carbocycles. The van der Waals surface area contributed by atoms with Crippen LogP contribution in [0.4, 0.5) is 5.69 Å². The summed E-state index contributed by atoms with van der Waals surface area (Å²) in [6.07, 6.45) is 1.82. The molecule has 0 bridgehead atoms. The van der Waals surface area contributed by atoms with Crippen LogP contribution in [0.25, 0.3) is 0 Å². The Morgan fingerprint density at radius 1 is 1.25 bits per heavy atom. The van der Waals surface area contributed by atoms with E-state index in [4.69, 9.17) is 9.47 Å². The quantitative estimate of drug-likeness (QED) is 0.694. The Balaban J connectivity index is 2.87. The third-order valence-electron chi connectivity index (χ3n) is 4.08. The molecule has 0 radical (unpaired) electrons. The van der Waals surface area contributed by atoms with Gasteiger partial charge >= 0.3 is 0 Å². The number of ether oxygens (including phenoxy) is 2. The summed E-state index contributed by atoms with van der Waals surface area (Å²) >= 11 is 0. The van der Waals surface area contributed by atoms with Crippen LogP contribution < -0.4 is 10.1 Å². The number of carbonyl (C=O) groups is 1. The Morgan fingerprint density at radius 2 is 1.92 bits per heavy atom. The molecule has 0 aliphatic rings. The summed E-state index contributed by atoms with van der Waals surface area (Å²) in [7, 11) is 0. The van der Waals surface area contributed by atoms with Crippen LogP contribution in [0.3, 0.4) is 0 Å². The minimum atomic E-state index is -0.817. The van der Waals surface area contributed by atoms with Gasteiger partial charge < -0.3 is 14.8 Å². The zero-order valence-corrected chi connectivity index (χ0v) is 16.2. The first-order chi connectivity index (χ1) is 11.2. The van der Waals surface area contributed by atoms with Crippen molar-refractivity contribution in [3.63, 3.8) is 0 Å². The van der Waals surface area contributed by atoms with E-state index in [-0.39, 0.29) is 12.0 Å². The highest BCUT2D eigenvalue weighted by Crippen LogP contribution is 2.26. The minimum absolute atomic E-state index is 0.104. The number of rotatable bonds is 9. The third-order valence-corrected chi connectivity index (χ3v) is 4.08. The largest absolute Gasteiger partial charge is 0.490 e. The lowest BCUT2D eigenvalue weighted by molar-refractivity contribution is -0.140. The Morgan fingerprint density at radius 3 is 2.42 bits per heavy atom. The number of aryl methyl sites for hydroxylation is 1. The molecule has 1 N–H and O–H groups in total. The summed E-state index contributed by atoms with van der Waals surface area (Å²) in [4.78, 5) is 12.7. The second-order valence-corrected chi connectivity index (χ2v) is 7.03. The van der Waals surface area contributed by atoms with E-state index in [9.17, 15) is 4.79 Å². The predicted molar refractivity (Wildman–Crippen MR) is 99.7 cm³/mol. The van der Waals surface area contributed by atoms with Crippen LogP contribution in [0.2, 0.25) is 0 Å². The maximum Gasteiger partial charge on any atom is 0.256 e. The van der Waals surface area contributed by atoms with Crippen molar-refractivity contribution in [1.82, 2.24) is 0 Å². The molecule has 0 aliphatic heterocycles. The average molecular weight is 335 g/mol. The van der Waals surface area contributed by atoms with Gasteiger partial charge in [0.25, 0.3) is 5.91 Å². The number of hydrogen-bond donors (Lipinski definition) is 1. The van der Waals surface area contributed by atoms with Gasteiger partial charge in [-0.15, -0.1) is 0 Å². The number of nitrogens with one attached hydrogen (secondary N) is 1. The van der Waals surface area contributed by atoms with Gasteiger partial charge in [-0.1, -0.05) is 20.8 Å². The summed E-state index contributed by atoms with van der Waals surface area (Å²) < 4.78 is 11.6. The van der Waals surface area contributed by atoms with Crippen molar-refractivity contribution in [2.45, 2.75) is 73.0 Å². The number of anilines is 1. The van der Waals surface area contributed by atoms with Crippen LogP contribution in [-0.4, -0.2) is 24.2 Å². The topological polar surface area (TPSA) is 47.6 Å². The first-order valence-electron chi connectivity index (χ1n) is 8.94. The van der Waals surface area contributed by atoms with Crippen LogP contribution in [-0.2, 0) is 9.53 Å². The smallest absolute Gasteiger partial charge is 0.256 e. The predicted octanol–water partition coefficient (Wildman–Crippen LogP) is 4.95. The van der Waals surface area contributed by atoms with Gasteiger partial charge in [0.05, 0.1) is 6.10 Å². The van der Waals surface area contributed by atoms with Gasteiger partial charge in [-0.05, 0) is 70.2 Å². The van der Waals surface area contributed by atoms with E-state index in [1.54, 1.807) is 0 Å². The molecule has 4 nitrogen and oxygen atoms in total. The SMILES string of the molecule is CCO[C@@](C)(CC(C)C)C(=O)Nc1ccc(O[C@@H](C)CC)c(C)c1. The monoisotopic (exact) mass is 335 g/mol. The molecule has 0 aromatic heterocycles. The number of hydrogen-bond acceptors (Lipinski definition) is 3. The third kappa shape index (κ3) is 5.82. The Hall–Kier alpha value is -1.55. The fourth-order valence-corrected chi connectivity index (χ4v) is 2.74. The molecule has 0 saturated heterocycles. The van der Waals surface area contributed by atoms with Crippen LogP contribution in [0.15, 0.2) is 18.2 Å². The normalized spacial score (nSPS) is 15.0. The van der Waals surface area contributed by atoms with E-state index in [2.05, 4.69) is 33.0 Å². The highest BCUT2D eigenvalue weighted by molar-refractivity contribution is 5.97. The van der Waals surface area contributed by atoms with E-state index >= 15 is 0 Å². The molecule has 0 unspecified atom stereocenters. The summed E-state index contributed by atoms with van der Waals surface area (Å²) in [6.45, 7) is 14.6. The van der Waals surface area contributed by atoms with Gasteiger partial charge in [0.1, 0.15) is 11.4 Å². The van der Waals surface area contributed by atoms with Gasteiger partial charge in [-0.2, -0.15) is 0 Å². The second kappa shape index (κ2) is 9.07. The van der Waals surface area contributed by atoms with Crippen molar-refractivity contribution in [3.05, 3.63) is 23.8 Å². The van der Waals surface area contributed by atoms with E-state index in [1.807, 2.05) is 39.0 Å². The molecule has 1 rings (SSSR count). The molecule has 24 heavy (non-hydrogen) atoms. The summed E-state index contributed by atoms with van der Waals surface area (Å²) in [5.41, 5.74) is 0.960. The molecular formula is C20H33NO3. The number of amides is 1. The zero-order chi connectivity index (χ0) is 18.3. The summed E-state index contributed by atoms with van der Waals surface area (Å²) in [5.74, 6) is 1.13. The van der Waals surface area contributed by atoms with E-state index in [1.165, 1.54) is 0 Å². The Kier molecular flexibility index (Phi) is 7.74. The molecule has 0 spiro atoms. The number of benzene rings is 1. The molecule has 1 aromatic rings. The van der Waals surface area contributed by atoms with Crippen LogP contribution >= 0.6 is 0 Å². The number of carbonyl (C=O) groups excluding carboxylic acids is 1. The van der Waals surface area contributed by atoms with Gasteiger partial charge in [-0.25, -0.2) is 0 Å². The fraction of sp³-hybridized carbons (Fsp3) is 0.650. The molecule has 1 aromatic carbocycles. The molecule has 0 heterocycles. The van der Waals surface area contributed by atoms with Gasteiger partial charge in [0.2, 0.25) is 0 Å². The Labute approximate surface area is 146 Å². The highest BCUT2D eigenvalue weighted by Gasteiger charge is 2.34.